The number of carboxylic acids is 1. The fourth-order valence-corrected chi connectivity index (χ4v) is 1.93. The van der Waals surface area contributed by atoms with Crippen LogP contribution in [0, 0.1) is 6.92 Å². The first kappa shape index (κ1) is 14.7. The normalized spacial score (nSPS) is 11.0. The molecule has 4 heteroatoms. The number of ether oxygens (including phenoxy) is 2. The van der Waals surface area contributed by atoms with Crippen molar-refractivity contribution in [2.45, 2.75) is 6.92 Å². The van der Waals surface area contributed by atoms with Crippen LogP contribution in [0.2, 0.25) is 0 Å². The van der Waals surface area contributed by atoms with Gasteiger partial charge in [-0.05, 0) is 30.7 Å². The summed E-state index contributed by atoms with van der Waals surface area (Å²) in [5.74, 6) is 0.0514. The number of carboxylic acid groups (broad SMARTS) is 1. The highest BCUT2D eigenvalue weighted by Gasteiger charge is 2.16. The highest BCUT2D eigenvalue weighted by Crippen LogP contribution is 2.30. The molecule has 0 amide bonds. The molecule has 0 saturated heterocycles. The summed E-state index contributed by atoms with van der Waals surface area (Å²) in [5.41, 5.74) is 1.57. The average Bonchev–Trinajstić information content (AvgIpc) is 2.45. The molecule has 0 aliphatic carbocycles. The first-order valence-corrected chi connectivity index (χ1v) is 6.42. The summed E-state index contributed by atoms with van der Waals surface area (Å²) in [7, 11) is 1.41. The van der Waals surface area contributed by atoms with Gasteiger partial charge in [0.1, 0.15) is 17.1 Å². The molecule has 4 nitrogen and oxygen atoms in total. The van der Waals surface area contributed by atoms with Gasteiger partial charge in [-0.3, -0.25) is 0 Å². The Morgan fingerprint density at radius 1 is 1.14 bits per heavy atom. The van der Waals surface area contributed by atoms with Crippen LogP contribution in [0.4, 0.5) is 0 Å². The summed E-state index contributed by atoms with van der Waals surface area (Å²) in [6, 6.07) is 14.5. The molecule has 0 fully saturated rings. The van der Waals surface area contributed by atoms with Crippen LogP contribution in [-0.4, -0.2) is 18.2 Å². The molecule has 0 heterocycles. The second-order valence-electron chi connectivity index (χ2n) is 4.49. The molecule has 0 aliphatic heterocycles. The van der Waals surface area contributed by atoms with Crippen molar-refractivity contribution in [2.24, 2.45) is 0 Å². The summed E-state index contributed by atoms with van der Waals surface area (Å²) >= 11 is 0. The molecule has 1 N–H and O–H groups in total. The molecule has 108 valence electrons. The average molecular weight is 284 g/mol. The van der Waals surface area contributed by atoms with E-state index in [2.05, 4.69) is 0 Å². The minimum Gasteiger partial charge on any atom is -0.503 e. The van der Waals surface area contributed by atoms with Gasteiger partial charge in [0.05, 0.1) is 13.4 Å². The van der Waals surface area contributed by atoms with Gasteiger partial charge in [-0.1, -0.05) is 30.3 Å². The van der Waals surface area contributed by atoms with Crippen LogP contribution in [-0.2, 0) is 9.53 Å². The third kappa shape index (κ3) is 3.63. The zero-order chi connectivity index (χ0) is 15.2. The van der Waals surface area contributed by atoms with Crippen molar-refractivity contribution < 1.29 is 19.4 Å². The second kappa shape index (κ2) is 6.61. The van der Waals surface area contributed by atoms with E-state index in [0.717, 1.165) is 5.56 Å². The predicted octanol–water partition coefficient (Wildman–Crippen LogP) is 3.86. The highest BCUT2D eigenvalue weighted by atomic mass is 16.5. The van der Waals surface area contributed by atoms with Crippen molar-refractivity contribution in [3.8, 4) is 11.5 Å². The van der Waals surface area contributed by atoms with Crippen LogP contribution in [0.15, 0.2) is 54.8 Å². The van der Waals surface area contributed by atoms with Gasteiger partial charge in [0.15, 0.2) is 0 Å². The van der Waals surface area contributed by atoms with Crippen molar-refractivity contribution in [2.75, 3.05) is 7.11 Å². The van der Waals surface area contributed by atoms with E-state index < -0.39 is 5.97 Å². The van der Waals surface area contributed by atoms with E-state index in [1.807, 2.05) is 31.2 Å². The lowest BCUT2D eigenvalue weighted by Crippen LogP contribution is -2.02. The topological polar surface area (TPSA) is 55.8 Å². The van der Waals surface area contributed by atoms with Crippen molar-refractivity contribution in [1.82, 2.24) is 0 Å². The molecular formula is C17H16O4. The molecule has 0 spiro atoms. The molecule has 0 bridgehead atoms. The number of methoxy groups -OCH3 is 1. The van der Waals surface area contributed by atoms with Crippen molar-refractivity contribution in [1.29, 1.82) is 0 Å². The first-order valence-electron chi connectivity index (χ1n) is 6.42. The molecule has 0 saturated carbocycles. The third-order valence-electron chi connectivity index (χ3n) is 2.86. The van der Waals surface area contributed by atoms with Crippen LogP contribution in [0.3, 0.4) is 0 Å². The van der Waals surface area contributed by atoms with Gasteiger partial charge in [-0.25, -0.2) is 4.79 Å². The van der Waals surface area contributed by atoms with Crippen LogP contribution >= 0.6 is 0 Å². The van der Waals surface area contributed by atoms with Crippen LogP contribution < -0.4 is 4.74 Å². The Morgan fingerprint density at radius 3 is 2.57 bits per heavy atom. The zero-order valence-electron chi connectivity index (χ0n) is 11.9. The summed E-state index contributed by atoms with van der Waals surface area (Å²) in [6.45, 7) is 1.96. The van der Waals surface area contributed by atoms with E-state index in [-0.39, 0.29) is 5.57 Å². The number of rotatable bonds is 5. The monoisotopic (exact) mass is 284 g/mol. The summed E-state index contributed by atoms with van der Waals surface area (Å²) in [6.07, 6.45) is 1.20. The van der Waals surface area contributed by atoms with Gasteiger partial charge in [-0.2, -0.15) is 0 Å². The van der Waals surface area contributed by atoms with Gasteiger partial charge < -0.3 is 14.6 Å². The smallest absolute Gasteiger partial charge is 0.339 e. The molecule has 0 aromatic heterocycles. The lowest BCUT2D eigenvalue weighted by Gasteiger charge is -2.12. The van der Waals surface area contributed by atoms with Gasteiger partial charge in [0.2, 0.25) is 0 Å². The molecule has 2 aromatic carbocycles. The lowest BCUT2D eigenvalue weighted by molar-refractivity contribution is -0.130. The molecule has 0 radical (unpaired) electrons. The molecule has 0 atom stereocenters. The summed E-state index contributed by atoms with van der Waals surface area (Å²) in [4.78, 5) is 11.3. The molecule has 0 unspecified atom stereocenters. The molecule has 21 heavy (non-hydrogen) atoms. The highest BCUT2D eigenvalue weighted by molar-refractivity contribution is 6.15. The van der Waals surface area contributed by atoms with Crippen molar-refractivity contribution in [3.05, 3.63) is 65.9 Å². The maximum Gasteiger partial charge on any atom is 0.339 e. The molecule has 2 aromatic rings. The number of carbonyl (C=O) groups is 1. The van der Waals surface area contributed by atoms with Gasteiger partial charge in [-0.15, -0.1) is 0 Å². The van der Waals surface area contributed by atoms with E-state index in [9.17, 15) is 9.90 Å². The van der Waals surface area contributed by atoms with Crippen LogP contribution in [0.25, 0.3) is 5.57 Å². The Morgan fingerprint density at radius 2 is 1.90 bits per heavy atom. The van der Waals surface area contributed by atoms with Gasteiger partial charge in [0.25, 0.3) is 0 Å². The van der Waals surface area contributed by atoms with Gasteiger partial charge in [0, 0.05) is 5.56 Å². The predicted molar refractivity (Wildman–Crippen MR) is 80.3 cm³/mol. The van der Waals surface area contributed by atoms with E-state index in [1.165, 1.54) is 13.4 Å². The largest absolute Gasteiger partial charge is 0.503 e. The maximum absolute atomic E-state index is 11.3. The number of hydrogen-bond acceptors (Lipinski definition) is 3. The van der Waals surface area contributed by atoms with E-state index in [4.69, 9.17) is 9.47 Å². The quantitative estimate of drug-likeness (QED) is 0.669. The Kier molecular flexibility index (Phi) is 4.61. The number of hydrogen-bond donors (Lipinski definition) is 1. The van der Waals surface area contributed by atoms with E-state index >= 15 is 0 Å². The Hall–Kier alpha value is -2.75. The Bertz CT molecular complexity index is 674. The van der Waals surface area contributed by atoms with Crippen molar-refractivity contribution in [3.63, 3.8) is 0 Å². The molecular weight excluding hydrogens is 268 g/mol. The van der Waals surface area contributed by atoms with Crippen molar-refractivity contribution >= 4 is 11.5 Å². The Labute approximate surface area is 123 Å². The summed E-state index contributed by atoms with van der Waals surface area (Å²) < 4.78 is 10.7. The molecule has 2 rings (SSSR count). The zero-order valence-corrected chi connectivity index (χ0v) is 11.9. The SMILES string of the molecule is CO/C=C(/C(=O)O)c1ccccc1Oc1cccc(C)c1. The number of aliphatic carboxylic acids is 1. The fraction of sp³-hybridized carbons (Fsp3) is 0.118. The van der Waals surface area contributed by atoms with E-state index in [0.29, 0.717) is 17.1 Å². The number of para-hydroxylation sites is 1. The van der Waals surface area contributed by atoms with Gasteiger partial charge >= 0.3 is 5.97 Å². The number of aryl methyl sites for hydroxylation is 1. The minimum absolute atomic E-state index is 0.0424. The Balaban J connectivity index is 2.41. The van der Waals surface area contributed by atoms with Crippen LogP contribution in [0.1, 0.15) is 11.1 Å². The third-order valence-corrected chi connectivity index (χ3v) is 2.86. The number of benzene rings is 2. The fourth-order valence-electron chi connectivity index (χ4n) is 1.93. The lowest BCUT2D eigenvalue weighted by atomic mass is 10.1. The standard InChI is InChI=1S/C17H16O4/c1-12-6-5-7-13(10-12)21-16-9-4-3-8-14(16)15(11-20-2)17(18)19/h3-11H,1-2H3,(H,18,19)/b15-11+. The first-order chi connectivity index (χ1) is 10.1. The maximum atomic E-state index is 11.3. The van der Waals surface area contributed by atoms with E-state index in [1.54, 1.807) is 24.3 Å². The second-order valence-corrected chi connectivity index (χ2v) is 4.49. The molecule has 0 aliphatic rings. The van der Waals surface area contributed by atoms with Crippen LogP contribution in [0.5, 0.6) is 11.5 Å². The minimum atomic E-state index is -1.07. The summed E-state index contributed by atoms with van der Waals surface area (Å²) in [5, 5.41) is 9.29.